The first-order valence-corrected chi connectivity index (χ1v) is 17.3. The number of halogens is 2. The summed E-state index contributed by atoms with van der Waals surface area (Å²) in [7, 11) is 0. The third kappa shape index (κ3) is 5.95. The van der Waals surface area contributed by atoms with Crippen molar-refractivity contribution >= 4 is 91.7 Å². The number of aromatic hydroxyl groups is 2. The first kappa shape index (κ1) is 33.2. The van der Waals surface area contributed by atoms with Crippen LogP contribution in [0.25, 0.3) is 33.7 Å². The zero-order valence-corrected chi connectivity index (χ0v) is 28.6. The Morgan fingerprint density at radius 3 is 1.68 bits per heavy atom. The van der Waals surface area contributed by atoms with E-state index in [0.29, 0.717) is 63.8 Å². The van der Waals surface area contributed by atoms with Gasteiger partial charge in [0.2, 0.25) is 5.91 Å². The number of nitrogens with zero attached hydrogens (tertiary/aromatic N) is 2. The molecule has 0 spiro atoms. The quantitative estimate of drug-likeness (QED) is 0.117. The van der Waals surface area contributed by atoms with Gasteiger partial charge < -0.3 is 25.3 Å². The standard InChI is InChI=1S/C40H33Cl2N3O5/c1-23(46)43-32-16-24(11-14-37(49)44-21-26(19-41)39-30-8-4-2-6-28(30)35(47)17-33(39)44)10-12-25(32)13-15-38(50)45-22-27(20-42)40-31-9-5-3-7-29(31)36(48)18-34(40)45/h2-18,26-27,47-48H,19-22H2,1H3,(H,43,46)/t26-,27-/m1/s1. The Morgan fingerprint density at radius 2 is 1.20 bits per heavy atom. The largest absolute Gasteiger partial charge is 0.507 e. The van der Waals surface area contributed by atoms with E-state index < -0.39 is 0 Å². The van der Waals surface area contributed by atoms with Gasteiger partial charge in [-0.25, -0.2) is 0 Å². The Balaban J connectivity index is 1.14. The molecule has 2 aliphatic heterocycles. The molecule has 2 atom stereocenters. The van der Waals surface area contributed by atoms with E-state index in [9.17, 15) is 24.6 Å². The maximum atomic E-state index is 13.6. The Labute approximate surface area is 298 Å². The van der Waals surface area contributed by atoms with Crippen LogP contribution in [0.2, 0.25) is 0 Å². The van der Waals surface area contributed by atoms with Gasteiger partial charge in [0.05, 0.1) is 11.4 Å². The Bertz CT molecular complexity index is 2270. The summed E-state index contributed by atoms with van der Waals surface area (Å²) in [5, 5.41) is 27.4. The van der Waals surface area contributed by atoms with Crippen molar-refractivity contribution in [3.05, 3.63) is 113 Å². The number of carbonyl (C=O) groups excluding carboxylic acids is 3. The van der Waals surface area contributed by atoms with E-state index in [1.165, 1.54) is 19.1 Å². The third-order valence-corrected chi connectivity index (χ3v) is 10.2. The highest BCUT2D eigenvalue weighted by molar-refractivity contribution is 6.20. The van der Waals surface area contributed by atoms with E-state index in [1.807, 2.05) is 48.5 Å². The minimum Gasteiger partial charge on any atom is -0.507 e. The molecular formula is C40H33Cl2N3O5. The van der Waals surface area contributed by atoms with E-state index in [0.717, 1.165) is 21.9 Å². The molecule has 0 saturated heterocycles. The van der Waals surface area contributed by atoms with Gasteiger partial charge >= 0.3 is 0 Å². The molecule has 5 aromatic rings. The number of phenols is 2. The van der Waals surface area contributed by atoms with E-state index in [1.54, 1.807) is 52.3 Å². The molecule has 2 heterocycles. The topological polar surface area (TPSA) is 110 Å². The van der Waals surface area contributed by atoms with Gasteiger partial charge in [-0.15, -0.1) is 23.2 Å². The maximum Gasteiger partial charge on any atom is 0.251 e. The Hall–Kier alpha value is -5.31. The summed E-state index contributed by atoms with van der Waals surface area (Å²) in [6.45, 7) is 2.15. The fraction of sp³-hybridized carbons (Fsp3) is 0.175. The molecule has 0 aliphatic carbocycles. The van der Waals surface area contributed by atoms with Gasteiger partial charge in [-0.05, 0) is 51.2 Å². The number of hydrogen-bond acceptors (Lipinski definition) is 5. The van der Waals surface area contributed by atoms with E-state index in [4.69, 9.17) is 23.2 Å². The lowest BCUT2D eigenvalue weighted by molar-refractivity contribution is -0.115. The molecule has 0 bridgehead atoms. The highest BCUT2D eigenvalue weighted by atomic mass is 35.5. The van der Waals surface area contributed by atoms with Crippen molar-refractivity contribution in [3.63, 3.8) is 0 Å². The van der Waals surface area contributed by atoms with Crippen molar-refractivity contribution in [2.75, 3.05) is 40.0 Å². The molecule has 8 nitrogen and oxygen atoms in total. The molecule has 2 aliphatic rings. The second-order valence-corrected chi connectivity index (χ2v) is 13.2. The molecule has 10 heteroatoms. The Kier molecular flexibility index (Phi) is 8.99. The number of amides is 3. The van der Waals surface area contributed by atoms with E-state index in [-0.39, 0.29) is 41.1 Å². The second kappa shape index (κ2) is 13.5. The summed E-state index contributed by atoms with van der Waals surface area (Å²) in [6.07, 6.45) is 6.18. The fourth-order valence-corrected chi connectivity index (χ4v) is 7.66. The molecule has 3 N–H and O–H groups in total. The minimum absolute atomic E-state index is 0.0884. The Morgan fingerprint density at radius 1 is 0.720 bits per heavy atom. The van der Waals surface area contributed by atoms with Crippen molar-refractivity contribution in [2.24, 2.45) is 0 Å². The summed E-state index contributed by atoms with van der Waals surface area (Å²) >= 11 is 12.7. The van der Waals surface area contributed by atoms with Crippen molar-refractivity contribution < 1.29 is 24.6 Å². The first-order valence-electron chi connectivity index (χ1n) is 16.2. The molecule has 7 rings (SSSR count). The third-order valence-electron chi connectivity index (χ3n) is 9.41. The molecule has 0 fully saturated rings. The van der Waals surface area contributed by atoms with Crippen LogP contribution in [0.3, 0.4) is 0 Å². The summed E-state index contributed by atoms with van der Waals surface area (Å²) < 4.78 is 0. The molecule has 0 aromatic heterocycles. The number of carbonyl (C=O) groups is 3. The molecule has 5 aromatic carbocycles. The lowest BCUT2D eigenvalue weighted by atomic mass is 9.95. The average molecular weight is 707 g/mol. The number of anilines is 3. The van der Waals surface area contributed by atoms with Crippen LogP contribution < -0.4 is 15.1 Å². The van der Waals surface area contributed by atoms with Crippen LogP contribution in [0.5, 0.6) is 11.5 Å². The normalized spacial score (nSPS) is 16.9. The summed E-state index contributed by atoms with van der Waals surface area (Å²) in [5.41, 5.74) is 4.83. The number of rotatable bonds is 7. The molecule has 0 unspecified atom stereocenters. The maximum absolute atomic E-state index is 13.6. The predicted molar refractivity (Wildman–Crippen MR) is 202 cm³/mol. The van der Waals surface area contributed by atoms with Crippen LogP contribution in [0.4, 0.5) is 17.1 Å². The molecule has 3 amide bonds. The lowest BCUT2D eigenvalue weighted by Gasteiger charge is -2.17. The molecule has 50 heavy (non-hydrogen) atoms. The van der Waals surface area contributed by atoms with Crippen molar-refractivity contribution in [2.45, 2.75) is 18.8 Å². The molecular weight excluding hydrogens is 673 g/mol. The van der Waals surface area contributed by atoms with Gasteiger partial charge in [-0.3, -0.25) is 14.4 Å². The zero-order valence-electron chi connectivity index (χ0n) is 27.1. The van der Waals surface area contributed by atoms with Gasteiger partial charge in [0.25, 0.3) is 11.8 Å². The van der Waals surface area contributed by atoms with Crippen LogP contribution in [-0.4, -0.2) is 52.8 Å². The number of alkyl halides is 2. The van der Waals surface area contributed by atoms with Crippen LogP contribution in [0.15, 0.2) is 91.0 Å². The number of benzene rings is 5. The van der Waals surface area contributed by atoms with Crippen molar-refractivity contribution in [1.29, 1.82) is 0 Å². The minimum atomic E-state index is -0.295. The smallest absolute Gasteiger partial charge is 0.251 e. The SMILES string of the molecule is CC(=O)Nc1cc(C=CC(=O)N2C[C@@H](CCl)c3c2cc(O)c2ccccc32)ccc1C=CC(=O)N1C[C@@H](CCl)c2c1cc(O)c1ccccc21. The molecule has 0 radical (unpaired) electrons. The van der Waals surface area contributed by atoms with Gasteiger partial charge in [0.15, 0.2) is 0 Å². The summed E-state index contributed by atoms with van der Waals surface area (Å²) in [6, 6.07) is 23.6. The van der Waals surface area contributed by atoms with Crippen molar-refractivity contribution in [1.82, 2.24) is 0 Å². The van der Waals surface area contributed by atoms with Crippen LogP contribution >= 0.6 is 23.2 Å². The zero-order chi connectivity index (χ0) is 35.1. The highest BCUT2D eigenvalue weighted by Gasteiger charge is 2.35. The fourth-order valence-electron chi connectivity index (χ4n) is 7.15. The van der Waals surface area contributed by atoms with Crippen LogP contribution in [0.1, 0.15) is 41.0 Å². The number of nitrogens with one attached hydrogen (secondary N) is 1. The van der Waals surface area contributed by atoms with Crippen LogP contribution in [0, 0.1) is 0 Å². The summed E-state index contributed by atoms with van der Waals surface area (Å²) in [5.74, 6) is -0.227. The van der Waals surface area contributed by atoms with Gasteiger partial charge in [0.1, 0.15) is 11.5 Å². The highest BCUT2D eigenvalue weighted by Crippen LogP contribution is 2.46. The van der Waals surface area contributed by atoms with Crippen LogP contribution in [-0.2, 0) is 14.4 Å². The monoisotopic (exact) mass is 705 g/mol. The van der Waals surface area contributed by atoms with Gasteiger partial charge in [-0.1, -0.05) is 60.7 Å². The number of fused-ring (bicyclic) bond motifs is 6. The van der Waals surface area contributed by atoms with E-state index in [2.05, 4.69) is 5.32 Å². The number of hydrogen-bond donors (Lipinski definition) is 3. The molecule has 252 valence electrons. The van der Waals surface area contributed by atoms with E-state index >= 15 is 0 Å². The molecule has 0 saturated carbocycles. The van der Waals surface area contributed by atoms with Gasteiger partial charge in [0, 0.05) is 84.4 Å². The lowest BCUT2D eigenvalue weighted by Crippen LogP contribution is -2.28. The second-order valence-electron chi connectivity index (χ2n) is 12.5. The number of phenolic OH excluding ortho intramolecular Hbond substituents is 2. The average Bonchev–Trinajstić information content (AvgIpc) is 3.68. The van der Waals surface area contributed by atoms with Crippen molar-refractivity contribution in [3.8, 4) is 11.5 Å². The van der Waals surface area contributed by atoms with Gasteiger partial charge in [-0.2, -0.15) is 0 Å². The summed E-state index contributed by atoms with van der Waals surface area (Å²) in [4.78, 5) is 42.5. The first-order chi connectivity index (χ1) is 24.2. The predicted octanol–water partition coefficient (Wildman–Crippen LogP) is 8.13.